The molecule has 2 atom stereocenters. The Morgan fingerprint density at radius 2 is 1.81 bits per heavy atom. The van der Waals surface area contributed by atoms with Crippen LogP contribution >= 0.6 is 12.4 Å². The number of rotatable bonds is 4. The highest BCUT2D eigenvalue weighted by Crippen LogP contribution is 2.32. The molecule has 122 valence electrons. The molecule has 2 aliphatic heterocycles. The fraction of sp³-hybridized carbons (Fsp3) is 0.941. The Morgan fingerprint density at radius 3 is 2.52 bits per heavy atom. The van der Waals surface area contributed by atoms with Crippen LogP contribution in [0.3, 0.4) is 0 Å². The first kappa shape index (κ1) is 17.1. The SMILES string of the molecule is Cl.O=C(CC1CCCN1)N1CCCC1CC1CCCCC1. The molecule has 2 saturated heterocycles. The van der Waals surface area contributed by atoms with Crippen molar-refractivity contribution in [1.29, 1.82) is 0 Å². The van der Waals surface area contributed by atoms with Crippen LogP contribution in [0.25, 0.3) is 0 Å². The van der Waals surface area contributed by atoms with E-state index in [4.69, 9.17) is 0 Å². The lowest BCUT2D eigenvalue weighted by atomic mass is 9.84. The average Bonchev–Trinajstić information content (AvgIpc) is 3.11. The number of carbonyl (C=O) groups excluding carboxylic acids is 1. The van der Waals surface area contributed by atoms with Gasteiger partial charge in [0.1, 0.15) is 0 Å². The Balaban J connectivity index is 0.00000161. The van der Waals surface area contributed by atoms with Crippen molar-refractivity contribution in [2.24, 2.45) is 5.92 Å². The third kappa shape index (κ3) is 4.59. The Labute approximate surface area is 135 Å². The predicted octanol–water partition coefficient (Wildman–Crippen LogP) is 3.51. The minimum absolute atomic E-state index is 0. The van der Waals surface area contributed by atoms with Gasteiger partial charge < -0.3 is 10.2 Å². The maximum Gasteiger partial charge on any atom is 0.224 e. The molecule has 21 heavy (non-hydrogen) atoms. The fourth-order valence-electron chi connectivity index (χ4n) is 4.48. The van der Waals surface area contributed by atoms with Crippen LogP contribution in [0.15, 0.2) is 0 Å². The molecule has 1 saturated carbocycles. The molecule has 3 nitrogen and oxygen atoms in total. The second-order valence-electron chi connectivity index (χ2n) is 7.12. The highest BCUT2D eigenvalue weighted by atomic mass is 35.5. The number of likely N-dealkylation sites (tertiary alicyclic amines) is 1. The molecular formula is C17H31ClN2O. The minimum Gasteiger partial charge on any atom is -0.340 e. The monoisotopic (exact) mass is 314 g/mol. The number of nitrogens with one attached hydrogen (secondary N) is 1. The van der Waals surface area contributed by atoms with E-state index in [0.29, 0.717) is 18.0 Å². The van der Waals surface area contributed by atoms with E-state index in [9.17, 15) is 4.79 Å². The molecule has 0 aromatic rings. The van der Waals surface area contributed by atoms with Gasteiger partial charge in [-0.2, -0.15) is 0 Å². The topological polar surface area (TPSA) is 32.3 Å². The molecule has 0 bridgehead atoms. The van der Waals surface area contributed by atoms with Crippen molar-refractivity contribution in [3.05, 3.63) is 0 Å². The maximum absolute atomic E-state index is 12.5. The zero-order valence-electron chi connectivity index (χ0n) is 13.2. The normalized spacial score (nSPS) is 30.4. The maximum atomic E-state index is 12.5. The van der Waals surface area contributed by atoms with Crippen molar-refractivity contribution in [2.45, 2.75) is 82.7 Å². The number of nitrogens with zero attached hydrogens (tertiary/aromatic N) is 1. The van der Waals surface area contributed by atoms with Gasteiger partial charge in [0.15, 0.2) is 0 Å². The van der Waals surface area contributed by atoms with E-state index < -0.39 is 0 Å². The van der Waals surface area contributed by atoms with E-state index in [1.165, 1.54) is 64.2 Å². The number of hydrogen-bond acceptors (Lipinski definition) is 2. The molecule has 2 heterocycles. The van der Waals surface area contributed by atoms with Crippen LogP contribution in [0.4, 0.5) is 0 Å². The molecule has 0 radical (unpaired) electrons. The third-order valence-corrected chi connectivity index (χ3v) is 5.61. The molecule has 2 unspecified atom stereocenters. The molecule has 0 aromatic heterocycles. The molecule has 1 aliphatic carbocycles. The average molecular weight is 315 g/mol. The van der Waals surface area contributed by atoms with Crippen LogP contribution in [0.5, 0.6) is 0 Å². The van der Waals surface area contributed by atoms with E-state index >= 15 is 0 Å². The number of hydrogen-bond donors (Lipinski definition) is 1. The summed E-state index contributed by atoms with van der Waals surface area (Å²) >= 11 is 0. The summed E-state index contributed by atoms with van der Waals surface area (Å²) < 4.78 is 0. The quantitative estimate of drug-likeness (QED) is 0.861. The molecule has 1 N–H and O–H groups in total. The van der Waals surface area contributed by atoms with Crippen LogP contribution in [-0.2, 0) is 4.79 Å². The zero-order chi connectivity index (χ0) is 13.8. The van der Waals surface area contributed by atoms with Crippen LogP contribution in [0.1, 0.15) is 70.6 Å². The standard InChI is InChI=1S/C17H30N2O.ClH/c20-17(13-15-8-4-10-18-15)19-11-5-9-16(19)12-14-6-2-1-3-7-14;/h14-16,18H,1-13H2;1H. The summed E-state index contributed by atoms with van der Waals surface area (Å²) in [7, 11) is 0. The summed E-state index contributed by atoms with van der Waals surface area (Å²) in [4.78, 5) is 14.8. The fourth-order valence-corrected chi connectivity index (χ4v) is 4.48. The Kier molecular flexibility index (Phi) is 6.81. The molecular weight excluding hydrogens is 284 g/mol. The molecule has 1 amide bonds. The molecule has 3 rings (SSSR count). The van der Waals surface area contributed by atoms with E-state index in [1.807, 2.05) is 0 Å². The Morgan fingerprint density at radius 1 is 1.00 bits per heavy atom. The van der Waals surface area contributed by atoms with Crippen molar-refractivity contribution >= 4 is 18.3 Å². The van der Waals surface area contributed by atoms with Crippen molar-refractivity contribution in [3.63, 3.8) is 0 Å². The van der Waals surface area contributed by atoms with E-state index in [0.717, 1.165) is 25.4 Å². The van der Waals surface area contributed by atoms with Crippen LogP contribution in [-0.4, -0.2) is 36.0 Å². The number of amides is 1. The highest BCUT2D eigenvalue weighted by Gasteiger charge is 2.32. The number of halogens is 1. The zero-order valence-corrected chi connectivity index (χ0v) is 14.0. The largest absolute Gasteiger partial charge is 0.340 e. The first-order valence-corrected chi connectivity index (χ1v) is 8.86. The lowest BCUT2D eigenvalue weighted by Gasteiger charge is -2.30. The van der Waals surface area contributed by atoms with Gasteiger partial charge in [-0.05, 0) is 44.6 Å². The van der Waals surface area contributed by atoms with Gasteiger partial charge in [-0.15, -0.1) is 12.4 Å². The molecule has 4 heteroatoms. The van der Waals surface area contributed by atoms with E-state index in [2.05, 4.69) is 10.2 Å². The second-order valence-corrected chi connectivity index (χ2v) is 7.12. The molecule has 3 aliphatic rings. The van der Waals surface area contributed by atoms with Crippen molar-refractivity contribution in [3.8, 4) is 0 Å². The smallest absolute Gasteiger partial charge is 0.224 e. The Bertz CT molecular complexity index is 325. The lowest BCUT2D eigenvalue weighted by Crippen LogP contribution is -2.40. The summed E-state index contributed by atoms with van der Waals surface area (Å²) in [5.41, 5.74) is 0. The van der Waals surface area contributed by atoms with Gasteiger partial charge in [0.2, 0.25) is 5.91 Å². The first-order chi connectivity index (χ1) is 9.83. The third-order valence-electron chi connectivity index (χ3n) is 5.61. The predicted molar refractivity (Wildman–Crippen MR) is 88.8 cm³/mol. The summed E-state index contributed by atoms with van der Waals surface area (Å²) in [6.07, 6.45) is 14.0. The van der Waals surface area contributed by atoms with Gasteiger partial charge in [-0.3, -0.25) is 4.79 Å². The minimum atomic E-state index is 0. The van der Waals surface area contributed by atoms with Crippen molar-refractivity contribution in [1.82, 2.24) is 10.2 Å². The summed E-state index contributed by atoms with van der Waals surface area (Å²) in [6, 6.07) is 1.02. The van der Waals surface area contributed by atoms with Gasteiger partial charge in [-0.25, -0.2) is 0 Å². The van der Waals surface area contributed by atoms with Crippen LogP contribution < -0.4 is 5.32 Å². The van der Waals surface area contributed by atoms with Crippen LogP contribution in [0, 0.1) is 5.92 Å². The summed E-state index contributed by atoms with van der Waals surface area (Å²) in [5, 5.41) is 3.46. The molecule has 0 aromatic carbocycles. The van der Waals surface area contributed by atoms with E-state index in [1.54, 1.807) is 0 Å². The van der Waals surface area contributed by atoms with Crippen molar-refractivity contribution < 1.29 is 4.79 Å². The Hall–Kier alpha value is -0.280. The van der Waals surface area contributed by atoms with Crippen LogP contribution in [0.2, 0.25) is 0 Å². The van der Waals surface area contributed by atoms with Gasteiger partial charge in [0, 0.05) is 25.0 Å². The first-order valence-electron chi connectivity index (χ1n) is 8.86. The number of carbonyl (C=O) groups is 1. The second kappa shape index (κ2) is 8.38. The molecule has 0 spiro atoms. The summed E-state index contributed by atoms with van der Waals surface area (Å²) in [6.45, 7) is 2.12. The summed E-state index contributed by atoms with van der Waals surface area (Å²) in [5.74, 6) is 1.31. The van der Waals surface area contributed by atoms with Gasteiger partial charge in [0.25, 0.3) is 0 Å². The molecule has 3 fully saturated rings. The van der Waals surface area contributed by atoms with Crippen molar-refractivity contribution in [2.75, 3.05) is 13.1 Å². The van der Waals surface area contributed by atoms with Gasteiger partial charge in [-0.1, -0.05) is 32.1 Å². The van der Waals surface area contributed by atoms with Gasteiger partial charge in [0.05, 0.1) is 0 Å². The lowest BCUT2D eigenvalue weighted by molar-refractivity contribution is -0.132. The van der Waals surface area contributed by atoms with Gasteiger partial charge >= 0.3 is 0 Å². The highest BCUT2D eigenvalue weighted by molar-refractivity contribution is 5.85. The van der Waals surface area contributed by atoms with E-state index in [-0.39, 0.29) is 12.4 Å².